The van der Waals surface area contributed by atoms with Gasteiger partial charge in [0.05, 0.1) is 22.2 Å². The van der Waals surface area contributed by atoms with Gasteiger partial charge in [0.25, 0.3) is 0 Å². The molecule has 0 spiro atoms. The van der Waals surface area contributed by atoms with Crippen LogP contribution >= 0.6 is 27.7 Å². The van der Waals surface area contributed by atoms with Crippen LogP contribution in [0.3, 0.4) is 0 Å². The predicted molar refractivity (Wildman–Crippen MR) is 126 cm³/mol. The summed E-state index contributed by atoms with van der Waals surface area (Å²) in [6.07, 6.45) is 0. The molecule has 0 aliphatic carbocycles. The molecule has 0 aliphatic rings. The number of aromatic nitrogens is 1. The summed E-state index contributed by atoms with van der Waals surface area (Å²) in [4.78, 5) is 14.2. The summed E-state index contributed by atoms with van der Waals surface area (Å²) in [6, 6.07) is 10.1. The number of rotatable bonds is 6. The Hall–Kier alpha value is -1.96. The van der Waals surface area contributed by atoms with Gasteiger partial charge in [-0.05, 0) is 61.8 Å². The van der Waals surface area contributed by atoms with Crippen molar-refractivity contribution in [2.24, 2.45) is 12.8 Å². The summed E-state index contributed by atoms with van der Waals surface area (Å²) in [6.45, 7) is 7.74. The third kappa shape index (κ3) is 4.24. The number of aryl methyl sites for hydroxylation is 2. The van der Waals surface area contributed by atoms with Gasteiger partial charge in [0.1, 0.15) is 5.75 Å². The maximum Gasteiger partial charge on any atom is 0.340 e. The fraction of sp³-hybridized carbons (Fsp3) is 0.348. The number of esters is 1. The second kappa shape index (κ2) is 8.65. The fourth-order valence-corrected chi connectivity index (χ4v) is 4.99. The van der Waals surface area contributed by atoms with Gasteiger partial charge in [-0.1, -0.05) is 17.7 Å². The summed E-state index contributed by atoms with van der Waals surface area (Å²) < 4.78 is 7.93. The van der Waals surface area contributed by atoms with Gasteiger partial charge >= 0.3 is 5.97 Å². The van der Waals surface area contributed by atoms with Gasteiger partial charge < -0.3 is 20.1 Å². The number of carbonyl (C=O) groups excluding carboxylic acids is 1. The number of fused-ring (bicyclic) bond motifs is 1. The van der Waals surface area contributed by atoms with Crippen molar-refractivity contribution < 1.29 is 14.6 Å². The van der Waals surface area contributed by atoms with E-state index in [2.05, 4.69) is 47.1 Å². The van der Waals surface area contributed by atoms with Crippen molar-refractivity contribution in [1.29, 1.82) is 0 Å². The average molecular weight is 491 g/mol. The van der Waals surface area contributed by atoms with Gasteiger partial charge in [-0.25, -0.2) is 4.79 Å². The number of hydrogen-bond acceptors (Lipinski definition) is 5. The van der Waals surface area contributed by atoms with Crippen molar-refractivity contribution in [2.75, 3.05) is 6.61 Å². The van der Waals surface area contributed by atoms with Gasteiger partial charge in [0.2, 0.25) is 0 Å². The Morgan fingerprint density at radius 3 is 2.50 bits per heavy atom. The van der Waals surface area contributed by atoms with E-state index < -0.39 is 11.5 Å². The normalized spacial score (nSPS) is 11.8. The number of halogens is 1. The second-order valence-electron chi connectivity index (χ2n) is 7.90. The van der Waals surface area contributed by atoms with E-state index in [4.69, 9.17) is 10.5 Å². The number of phenols is 1. The van der Waals surface area contributed by atoms with E-state index in [9.17, 15) is 9.90 Å². The van der Waals surface area contributed by atoms with Gasteiger partial charge in [-0.3, -0.25) is 0 Å². The van der Waals surface area contributed by atoms with Gasteiger partial charge in [-0.15, -0.1) is 11.8 Å². The number of ether oxygens (including phenoxy) is 1. The Bertz CT molecular complexity index is 1100. The summed E-state index contributed by atoms with van der Waals surface area (Å²) in [5.41, 5.74) is 9.40. The number of hydrogen-bond donors (Lipinski definition) is 2. The number of phenolic OH excluding ortho intramolecular Hbond substituents is 1. The molecule has 3 aromatic rings. The van der Waals surface area contributed by atoms with Gasteiger partial charge in [0.15, 0.2) is 0 Å². The van der Waals surface area contributed by atoms with Crippen LogP contribution in [0.25, 0.3) is 10.9 Å². The molecule has 2 aromatic carbocycles. The van der Waals surface area contributed by atoms with Crippen molar-refractivity contribution in [2.45, 2.75) is 43.9 Å². The van der Waals surface area contributed by atoms with E-state index in [1.165, 1.54) is 5.56 Å². The molecule has 0 bridgehead atoms. The predicted octanol–water partition coefficient (Wildman–Crippen LogP) is 5.62. The van der Waals surface area contributed by atoms with Crippen LogP contribution < -0.4 is 5.73 Å². The van der Waals surface area contributed by atoms with Gasteiger partial charge in [-0.2, -0.15) is 0 Å². The Morgan fingerprint density at radius 2 is 1.93 bits per heavy atom. The molecule has 160 valence electrons. The second-order valence-corrected chi connectivity index (χ2v) is 9.80. The molecule has 0 aliphatic heterocycles. The molecule has 30 heavy (non-hydrogen) atoms. The minimum absolute atomic E-state index is 0.0453. The highest BCUT2D eigenvalue weighted by molar-refractivity contribution is 9.10. The lowest BCUT2D eigenvalue weighted by atomic mass is 9.89. The molecule has 0 fully saturated rings. The quantitative estimate of drug-likeness (QED) is 0.346. The Balaban J connectivity index is 2.25. The molecular formula is C23H27BrN2O3S. The Labute approximate surface area is 189 Å². The van der Waals surface area contributed by atoms with Crippen LogP contribution in [0.5, 0.6) is 5.75 Å². The van der Waals surface area contributed by atoms with Crippen LogP contribution in [-0.4, -0.2) is 22.2 Å². The summed E-state index contributed by atoms with van der Waals surface area (Å²) in [7, 11) is 1.92. The van der Waals surface area contributed by atoms with Crippen LogP contribution in [0.4, 0.5) is 0 Å². The Kier molecular flexibility index (Phi) is 6.55. The molecule has 1 aromatic heterocycles. The molecule has 0 radical (unpaired) electrons. The highest BCUT2D eigenvalue weighted by Crippen LogP contribution is 2.44. The molecule has 0 atom stereocenters. The average Bonchev–Trinajstić information content (AvgIpc) is 2.93. The van der Waals surface area contributed by atoms with E-state index >= 15 is 0 Å². The number of nitrogens with zero attached hydrogens (tertiary/aromatic N) is 1. The molecular weight excluding hydrogens is 464 g/mol. The fourth-order valence-electron chi connectivity index (χ4n) is 3.61. The van der Waals surface area contributed by atoms with E-state index in [-0.39, 0.29) is 12.4 Å². The molecule has 7 heteroatoms. The summed E-state index contributed by atoms with van der Waals surface area (Å²) in [5.74, 6) is 0.212. The molecule has 0 amide bonds. The van der Waals surface area contributed by atoms with Crippen LogP contribution in [-0.2, 0) is 23.1 Å². The zero-order chi connectivity index (χ0) is 22.2. The first-order chi connectivity index (χ1) is 14.1. The van der Waals surface area contributed by atoms with E-state index in [1.54, 1.807) is 18.7 Å². The zero-order valence-corrected chi connectivity index (χ0v) is 20.3. The number of nitrogens with two attached hydrogens (primary N) is 1. The van der Waals surface area contributed by atoms with Crippen molar-refractivity contribution in [3.05, 3.63) is 57.2 Å². The lowest BCUT2D eigenvalue weighted by Crippen LogP contribution is -2.29. The van der Waals surface area contributed by atoms with Gasteiger partial charge in [0, 0.05) is 39.9 Å². The smallest absolute Gasteiger partial charge is 0.340 e. The van der Waals surface area contributed by atoms with E-state index in [0.29, 0.717) is 26.7 Å². The molecule has 5 nitrogen and oxygen atoms in total. The van der Waals surface area contributed by atoms with Crippen LogP contribution in [0.15, 0.2) is 39.7 Å². The standard InChI is InChI=1S/C23H27BrN2O3S/c1-6-29-22(28)19-17(12-30-14-9-7-13(2)8-10-14)26(5)16-11-15(24)21(27)20(18(16)19)23(3,4)25/h7-11,27H,6,12,25H2,1-5H3. The highest BCUT2D eigenvalue weighted by Gasteiger charge is 2.32. The number of thioether (sulfide) groups is 1. The third-order valence-corrected chi connectivity index (χ3v) is 6.69. The topological polar surface area (TPSA) is 77.5 Å². The first-order valence-corrected chi connectivity index (χ1v) is 11.5. The monoisotopic (exact) mass is 490 g/mol. The van der Waals surface area contributed by atoms with Crippen LogP contribution in [0.2, 0.25) is 0 Å². The molecule has 0 unspecified atom stereocenters. The van der Waals surface area contributed by atoms with Crippen molar-refractivity contribution in [3.8, 4) is 5.75 Å². The SMILES string of the molecule is CCOC(=O)c1c(CSc2ccc(C)cc2)n(C)c2cc(Br)c(O)c(C(C)(C)N)c12. The first kappa shape index (κ1) is 22.7. The first-order valence-electron chi connectivity index (χ1n) is 9.74. The third-order valence-electron chi connectivity index (χ3n) is 5.06. The molecule has 1 heterocycles. The number of carbonyl (C=O) groups is 1. The maximum absolute atomic E-state index is 13.0. The Morgan fingerprint density at radius 1 is 1.30 bits per heavy atom. The molecule has 0 saturated carbocycles. The van der Waals surface area contributed by atoms with Crippen molar-refractivity contribution >= 4 is 44.6 Å². The van der Waals surface area contributed by atoms with Crippen LogP contribution in [0.1, 0.15) is 48.0 Å². The van der Waals surface area contributed by atoms with E-state index in [0.717, 1.165) is 16.1 Å². The lowest BCUT2D eigenvalue weighted by molar-refractivity contribution is 0.0527. The lowest BCUT2D eigenvalue weighted by Gasteiger charge is -2.23. The highest BCUT2D eigenvalue weighted by atomic mass is 79.9. The summed E-state index contributed by atoms with van der Waals surface area (Å²) in [5, 5.41) is 11.5. The number of benzene rings is 2. The maximum atomic E-state index is 13.0. The minimum atomic E-state index is -0.865. The minimum Gasteiger partial charge on any atom is -0.506 e. The van der Waals surface area contributed by atoms with E-state index in [1.807, 2.05) is 31.5 Å². The van der Waals surface area contributed by atoms with Crippen LogP contribution in [0, 0.1) is 6.92 Å². The number of aromatic hydroxyl groups is 1. The molecule has 3 rings (SSSR count). The summed E-state index contributed by atoms with van der Waals surface area (Å²) >= 11 is 5.09. The van der Waals surface area contributed by atoms with Crippen molar-refractivity contribution in [1.82, 2.24) is 4.57 Å². The zero-order valence-electron chi connectivity index (χ0n) is 17.9. The molecule has 3 N–H and O–H groups in total. The molecule has 0 saturated heterocycles. The van der Waals surface area contributed by atoms with Crippen molar-refractivity contribution in [3.63, 3.8) is 0 Å². The largest absolute Gasteiger partial charge is 0.506 e.